The van der Waals surface area contributed by atoms with Gasteiger partial charge in [0.25, 0.3) is 0 Å². The molecule has 1 amide bonds. The Morgan fingerprint density at radius 2 is 2.18 bits per heavy atom. The van der Waals surface area contributed by atoms with Crippen molar-refractivity contribution in [2.24, 2.45) is 5.73 Å². The van der Waals surface area contributed by atoms with E-state index < -0.39 is 18.0 Å². The van der Waals surface area contributed by atoms with Crippen LogP contribution >= 0.6 is 0 Å². The maximum absolute atomic E-state index is 10.1. The van der Waals surface area contributed by atoms with Crippen LogP contribution in [0.2, 0.25) is 0 Å². The number of carbonyl (C=O) groups excluding carboxylic acids is 1. The Bertz CT molecular complexity index is 157. The molecule has 3 N–H and O–H groups in total. The number of carbonyl (C=O) groups is 2. The second kappa shape index (κ2) is 4.68. The van der Waals surface area contributed by atoms with Gasteiger partial charge in [0.2, 0.25) is 5.91 Å². The summed E-state index contributed by atoms with van der Waals surface area (Å²) in [7, 11) is 0. The summed E-state index contributed by atoms with van der Waals surface area (Å²) in [6.45, 7) is 1.45. The van der Waals surface area contributed by atoms with Gasteiger partial charge in [-0.05, 0) is 6.92 Å². The first kappa shape index (κ1) is 9.90. The lowest BCUT2D eigenvalue weighted by Gasteiger charge is -2.05. The molecular formula is C6H11NO4. The molecule has 0 heterocycles. The zero-order valence-corrected chi connectivity index (χ0v) is 6.24. The van der Waals surface area contributed by atoms with E-state index in [9.17, 15) is 9.59 Å². The average Bonchev–Trinajstić information content (AvgIpc) is 1.86. The van der Waals surface area contributed by atoms with Crippen molar-refractivity contribution in [1.82, 2.24) is 0 Å². The van der Waals surface area contributed by atoms with Gasteiger partial charge in [0.05, 0.1) is 6.61 Å². The van der Waals surface area contributed by atoms with Crippen molar-refractivity contribution in [1.29, 1.82) is 0 Å². The lowest BCUT2D eigenvalue weighted by atomic mass is 10.4. The highest BCUT2D eigenvalue weighted by atomic mass is 16.5. The van der Waals surface area contributed by atoms with Crippen molar-refractivity contribution in [3.63, 3.8) is 0 Å². The van der Waals surface area contributed by atoms with Crippen LogP contribution in [0.1, 0.15) is 13.3 Å². The Morgan fingerprint density at radius 3 is 2.55 bits per heavy atom. The van der Waals surface area contributed by atoms with Crippen LogP contribution in [0.5, 0.6) is 0 Å². The van der Waals surface area contributed by atoms with Crippen LogP contribution in [-0.2, 0) is 14.3 Å². The smallest absolute Gasteiger partial charge is 0.332 e. The van der Waals surface area contributed by atoms with E-state index in [1.54, 1.807) is 0 Å². The highest BCUT2D eigenvalue weighted by molar-refractivity contribution is 5.74. The first-order valence-corrected chi connectivity index (χ1v) is 3.16. The molecule has 5 heteroatoms. The molecule has 0 aromatic rings. The van der Waals surface area contributed by atoms with E-state index in [1.165, 1.54) is 6.92 Å². The van der Waals surface area contributed by atoms with Crippen molar-refractivity contribution >= 4 is 11.9 Å². The van der Waals surface area contributed by atoms with Gasteiger partial charge in [-0.1, -0.05) is 0 Å². The predicted octanol–water partition coefficient (Wildman–Crippen LogP) is -0.648. The zero-order valence-electron chi connectivity index (χ0n) is 6.24. The predicted molar refractivity (Wildman–Crippen MR) is 36.9 cm³/mol. The first-order valence-electron chi connectivity index (χ1n) is 3.16. The third-order valence-corrected chi connectivity index (χ3v) is 1.06. The molecule has 0 aromatic carbocycles. The molecule has 0 aliphatic rings. The summed E-state index contributed by atoms with van der Waals surface area (Å²) in [6, 6.07) is 0. The van der Waals surface area contributed by atoms with Gasteiger partial charge >= 0.3 is 5.97 Å². The van der Waals surface area contributed by atoms with E-state index in [4.69, 9.17) is 15.6 Å². The molecule has 5 nitrogen and oxygen atoms in total. The Hall–Kier alpha value is -1.10. The molecule has 0 fully saturated rings. The fraction of sp³-hybridized carbons (Fsp3) is 0.667. The van der Waals surface area contributed by atoms with E-state index in [-0.39, 0.29) is 13.0 Å². The van der Waals surface area contributed by atoms with E-state index in [2.05, 4.69) is 0 Å². The summed E-state index contributed by atoms with van der Waals surface area (Å²) in [4.78, 5) is 20.3. The minimum atomic E-state index is -1.05. The Kier molecular flexibility index (Phi) is 4.21. The Morgan fingerprint density at radius 1 is 1.64 bits per heavy atom. The van der Waals surface area contributed by atoms with Crippen LogP contribution in [0.4, 0.5) is 0 Å². The third kappa shape index (κ3) is 5.35. The molecule has 0 bridgehead atoms. The number of carboxylic acids is 1. The Balaban J connectivity index is 3.39. The lowest BCUT2D eigenvalue weighted by Crippen LogP contribution is -2.22. The van der Waals surface area contributed by atoms with Crippen molar-refractivity contribution < 1.29 is 19.4 Å². The molecule has 0 radical (unpaired) electrons. The molecule has 11 heavy (non-hydrogen) atoms. The Labute approximate surface area is 64.1 Å². The molecule has 64 valence electrons. The number of hydrogen-bond acceptors (Lipinski definition) is 3. The SMILES string of the molecule is C[C@H](OCCC(N)=O)C(=O)O. The van der Waals surface area contributed by atoms with Crippen molar-refractivity contribution in [3.05, 3.63) is 0 Å². The molecule has 0 spiro atoms. The minimum Gasteiger partial charge on any atom is -0.479 e. The van der Waals surface area contributed by atoms with Gasteiger partial charge < -0.3 is 15.6 Å². The molecule has 1 atom stereocenters. The van der Waals surface area contributed by atoms with Gasteiger partial charge in [0, 0.05) is 6.42 Å². The van der Waals surface area contributed by atoms with Gasteiger partial charge in [0.1, 0.15) is 0 Å². The van der Waals surface area contributed by atoms with E-state index in [0.717, 1.165) is 0 Å². The van der Waals surface area contributed by atoms with Crippen LogP contribution in [0.25, 0.3) is 0 Å². The number of nitrogens with two attached hydrogens (primary N) is 1. The fourth-order valence-corrected chi connectivity index (χ4v) is 0.408. The van der Waals surface area contributed by atoms with Crippen molar-refractivity contribution in [2.45, 2.75) is 19.4 Å². The number of rotatable bonds is 5. The molecule has 0 aliphatic carbocycles. The second-order valence-electron chi connectivity index (χ2n) is 2.07. The molecule has 0 saturated heterocycles. The summed E-state index contributed by atoms with van der Waals surface area (Å²) in [5.41, 5.74) is 4.79. The molecule has 0 saturated carbocycles. The number of aliphatic carboxylic acids is 1. The number of carboxylic acid groups (broad SMARTS) is 1. The highest BCUT2D eigenvalue weighted by Gasteiger charge is 2.10. The second-order valence-corrected chi connectivity index (χ2v) is 2.07. The van der Waals surface area contributed by atoms with Gasteiger partial charge in [0.15, 0.2) is 6.10 Å². The average molecular weight is 161 g/mol. The fourth-order valence-electron chi connectivity index (χ4n) is 0.408. The number of primary amides is 1. The van der Waals surface area contributed by atoms with E-state index in [0.29, 0.717) is 0 Å². The van der Waals surface area contributed by atoms with E-state index >= 15 is 0 Å². The monoisotopic (exact) mass is 161 g/mol. The largest absolute Gasteiger partial charge is 0.479 e. The summed E-state index contributed by atoms with van der Waals surface area (Å²) in [6.07, 6.45) is -0.827. The zero-order chi connectivity index (χ0) is 8.85. The van der Waals surface area contributed by atoms with Crippen LogP contribution < -0.4 is 5.73 Å². The summed E-state index contributed by atoms with van der Waals surface area (Å²) < 4.78 is 4.71. The first-order chi connectivity index (χ1) is 5.04. The summed E-state index contributed by atoms with van der Waals surface area (Å²) in [5.74, 6) is -1.54. The van der Waals surface area contributed by atoms with Crippen LogP contribution in [0.15, 0.2) is 0 Å². The van der Waals surface area contributed by atoms with Gasteiger partial charge in [-0.2, -0.15) is 0 Å². The highest BCUT2D eigenvalue weighted by Crippen LogP contribution is 1.91. The van der Waals surface area contributed by atoms with Crippen LogP contribution in [0.3, 0.4) is 0 Å². The molecule has 0 rings (SSSR count). The maximum atomic E-state index is 10.1. The molecule has 0 aliphatic heterocycles. The van der Waals surface area contributed by atoms with E-state index in [1.807, 2.05) is 0 Å². The topological polar surface area (TPSA) is 89.6 Å². The number of amides is 1. The normalized spacial score (nSPS) is 12.5. The lowest BCUT2D eigenvalue weighted by molar-refractivity contribution is -0.149. The van der Waals surface area contributed by atoms with Gasteiger partial charge in [-0.15, -0.1) is 0 Å². The van der Waals surface area contributed by atoms with Gasteiger partial charge in [-0.25, -0.2) is 4.79 Å². The molecule has 0 aromatic heterocycles. The van der Waals surface area contributed by atoms with Crippen molar-refractivity contribution in [3.8, 4) is 0 Å². The van der Waals surface area contributed by atoms with Crippen LogP contribution in [0, 0.1) is 0 Å². The number of ether oxygens (including phenoxy) is 1. The summed E-state index contributed by atoms with van der Waals surface area (Å²) >= 11 is 0. The van der Waals surface area contributed by atoms with Crippen LogP contribution in [-0.4, -0.2) is 29.7 Å². The molecular weight excluding hydrogens is 150 g/mol. The summed E-state index contributed by atoms with van der Waals surface area (Å²) in [5, 5.41) is 8.31. The van der Waals surface area contributed by atoms with Gasteiger partial charge in [-0.3, -0.25) is 4.79 Å². The quantitative estimate of drug-likeness (QED) is 0.560. The third-order valence-electron chi connectivity index (χ3n) is 1.06. The number of hydrogen-bond donors (Lipinski definition) is 2. The minimum absolute atomic E-state index is 0.0532. The van der Waals surface area contributed by atoms with Crippen molar-refractivity contribution in [2.75, 3.05) is 6.61 Å². The maximum Gasteiger partial charge on any atom is 0.332 e. The molecule has 0 unspecified atom stereocenters. The standard InChI is InChI=1S/C6H11NO4/c1-4(6(9)10)11-3-2-5(7)8/h4H,2-3H2,1H3,(H2,7,8)(H,9,10)/t4-/m0/s1.